The van der Waals surface area contributed by atoms with Gasteiger partial charge in [-0.15, -0.1) is 13.2 Å². The Labute approximate surface area is 224 Å². The first-order chi connectivity index (χ1) is 18.4. The highest BCUT2D eigenvalue weighted by Crippen LogP contribution is 2.12. The molecule has 0 radical (unpaired) electrons. The number of allylic oxidation sites excluding steroid dienone is 2. The van der Waals surface area contributed by atoms with E-state index in [4.69, 9.17) is 19.3 Å². The fraction of sp³-hybridized carbons (Fsp3) is 0.500. The molecular formula is C28H40N2O8. The van der Waals surface area contributed by atoms with Gasteiger partial charge in [0.05, 0.1) is 25.7 Å². The molecule has 0 saturated heterocycles. The first kappa shape index (κ1) is 32.5. The molecule has 0 aliphatic heterocycles. The molecule has 0 spiro atoms. The number of rotatable bonds is 21. The number of nitrogens with one attached hydrogen (secondary N) is 2. The molecule has 1 aromatic carbocycles. The van der Waals surface area contributed by atoms with Crippen LogP contribution in [0.4, 0.5) is 0 Å². The molecule has 0 bridgehead atoms. The van der Waals surface area contributed by atoms with Crippen LogP contribution in [0.5, 0.6) is 0 Å². The van der Waals surface area contributed by atoms with E-state index in [-0.39, 0.29) is 58.1 Å². The number of benzene rings is 1. The number of ether oxygens (including phenoxy) is 3. The van der Waals surface area contributed by atoms with E-state index in [0.717, 1.165) is 18.4 Å². The molecule has 1 aromatic rings. The second-order valence-electron chi connectivity index (χ2n) is 8.48. The van der Waals surface area contributed by atoms with Gasteiger partial charge in [0.2, 0.25) is 11.8 Å². The zero-order chi connectivity index (χ0) is 28.0. The molecule has 2 unspecified atom stereocenters. The summed E-state index contributed by atoms with van der Waals surface area (Å²) in [5.41, 5.74) is 0.759. The normalized spacial score (nSPS) is 12.0. The van der Waals surface area contributed by atoms with Gasteiger partial charge in [-0.1, -0.05) is 42.5 Å². The van der Waals surface area contributed by atoms with Crippen molar-refractivity contribution < 1.29 is 38.5 Å². The maximum absolute atomic E-state index is 13.0. The van der Waals surface area contributed by atoms with Gasteiger partial charge in [0, 0.05) is 19.4 Å². The lowest BCUT2D eigenvalue weighted by atomic mass is 9.99. The molecule has 0 aromatic heterocycles. The predicted octanol–water partition coefficient (Wildman–Crippen LogP) is 2.21. The largest absolute Gasteiger partial charge is 0.463 e. The lowest BCUT2D eigenvalue weighted by Crippen LogP contribution is -2.48. The van der Waals surface area contributed by atoms with Crippen LogP contribution in [0.2, 0.25) is 0 Å². The van der Waals surface area contributed by atoms with Gasteiger partial charge in [-0.2, -0.15) is 0 Å². The van der Waals surface area contributed by atoms with Gasteiger partial charge in [-0.3, -0.25) is 14.4 Å². The zero-order valence-electron chi connectivity index (χ0n) is 21.9. The molecule has 0 saturated carbocycles. The van der Waals surface area contributed by atoms with Crippen molar-refractivity contribution in [3.05, 3.63) is 61.2 Å². The minimum Gasteiger partial charge on any atom is -0.463 e. The van der Waals surface area contributed by atoms with Crippen molar-refractivity contribution in [3.8, 4) is 0 Å². The number of unbranched alkanes of at least 4 members (excludes halogenated alkanes) is 2. The summed E-state index contributed by atoms with van der Waals surface area (Å²) in [4.78, 5) is 50.3. The molecule has 38 heavy (non-hydrogen) atoms. The Hall–Kier alpha value is -3.50. The molecule has 0 aliphatic rings. The van der Waals surface area contributed by atoms with E-state index < -0.39 is 36.4 Å². The number of carbonyl (C=O) groups is 4. The van der Waals surface area contributed by atoms with Crippen LogP contribution in [0.3, 0.4) is 0 Å². The van der Waals surface area contributed by atoms with Crippen molar-refractivity contribution in [1.82, 2.24) is 10.6 Å². The molecule has 2 atom stereocenters. The Kier molecular flexibility index (Phi) is 17.6. The molecule has 10 heteroatoms. The number of amides is 2. The van der Waals surface area contributed by atoms with Crippen LogP contribution in [-0.2, 0) is 40.0 Å². The van der Waals surface area contributed by atoms with E-state index >= 15 is 0 Å². The summed E-state index contributed by atoms with van der Waals surface area (Å²) in [5.74, 6) is -3.00. The van der Waals surface area contributed by atoms with E-state index in [9.17, 15) is 19.2 Å². The third-order valence-electron chi connectivity index (χ3n) is 5.33. The van der Waals surface area contributed by atoms with E-state index in [0.29, 0.717) is 6.42 Å². The van der Waals surface area contributed by atoms with Crippen LogP contribution in [-0.4, -0.2) is 67.9 Å². The highest BCUT2D eigenvalue weighted by molar-refractivity contribution is 5.89. The second-order valence-corrected chi connectivity index (χ2v) is 8.48. The summed E-state index contributed by atoms with van der Waals surface area (Å²) in [6.45, 7) is 7.36. The van der Waals surface area contributed by atoms with E-state index in [1.807, 2.05) is 6.07 Å². The van der Waals surface area contributed by atoms with Gasteiger partial charge in [0.1, 0.15) is 13.2 Å². The van der Waals surface area contributed by atoms with Crippen LogP contribution in [0.1, 0.15) is 44.1 Å². The Morgan fingerprint density at radius 2 is 1.76 bits per heavy atom. The third-order valence-corrected chi connectivity index (χ3v) is 5.33. The highest BCUT2D eigenvalue weighted by Gasteiger charge is 2.29. The van der Waals surface area contributed by atoms with Gasteiger partial charge in [-0.05, 0) is 31.2 Å². The lowest BCUT2D eigenvalue weighted by molar-refractivity contribution is -0.155. The van der Waals surface area contributed by atoms with Crippen LogP contribution < -0.4 is 10.6 Å². The first-order valence-corrected chi connectivity index (χ1v) is 12.7. The van der Waals surface area contributed by atoms with Gasteiger partial charge < -0.3 is 30.0 Å². The molecule has 210 valence electrons. The zero-order valence-corrected chi connectivity index (χ0v) is 21.9. The average Bonchev–Trinajstić information content (AvgIpc) is 2.92. The summed E-state index contributed by atoms with van der Waals surface area (Å²) in [6.07, 6.45) is 5.68. The second kappa shape index (κ2) is 20.5. The summed E-state index contributed by atoms with van der Waals surface area (Å²) >= 11 is 0. The number of hydrogen-bond donors (Lipinski definition) is 3. The fourth-order valence-electron chi connectivity index (χ4n) is 3.30. The molecular weight excluding hydrogens is 492 g/mol. The minimum atomic E-state index is -1.24. The topological polar surface area (TPSA) is 140 Å². The Bertz CT molecular complexity index is 875. The predicted molar refractivity (Wildman–Crippen MR) is 142 cm³/mol. The molecule has 0 fully saturated rings. The van der Waals surface area contributed by atoms with E-state index in [2.05, 4.69) is 23.8 Å². The smallest absolute Gasteiger partial charge is 0.332 e. The quantitative estimate of drug-likeness (QED) is 0.124. The summed E-state index contributed by atoms with van der Waals surface area (Å²) in [5, 5.41) is 13.9. The lowest BCUT2D eigenvalue weighted by Gasteiger charge is -2.21. The Morgan fingerprint density at radius 3 is 2.45 bits per heavy atom. The summed E-state index contributed by atoms with van der Waals surface area (Å²) in [6, 6.07) is 7.78. The van der Waals surface area contributed by atoms with Gasteiger partial charge in [0.25, 0.3) is 0 Å². The monoisotopic (exact) mass is 532 g/mol. The minimum absolute atomic E-state index is 0.0155. The Balaban J connectivity index is 2.76. The summed E-state index contributed by atoms with van der Waals surface area (Å²) in [7, 11) is 0. The van der Waals surface area contributed by atoms with Crippen molar-refractivity contribution in [1.29, 1.82) is 0 Å². The molecule has 3 N–H and O–H groups in total. The van der Waals surface area contributed by atoms with Crippen molar-refractivity contribution in [2.75, 3.05) is 33.0 Å². The Morgan fingerprint density at radius 1 is 1.00 bits per heavy atom. The number of esters is 2. The number of aliphatic hydroxyl groups excluding tert-OH is 1. The first-order valence-electron chi connectivity index (χ1n) is 12.7. The summed E-state index contributed by atoms with van der Waals surface area (Å²) < 4.78 is 15.7. The van der Waals surface area contributed by atoms with Gasteiger partial charge in [0.15, 0.2) is 6.04 Å². The van der Waals surface area contributed by atoms with Crippen molar-refractivity contribution in [3.63, 3.8) is 0 Å². The molecule has 0 aliphatic carbocycles. The number of hydrogen-bond acceptors (Lipinski definition) is 8. The van der Waals surface area contributed by atoms with Crippen molar-refractivity contribution in [2.24, 2.45) is 5.92 Å². The van der Waals surface area contributed by atoms with Crippen LogP contribution in [0.25, 0.3) is 0 Å². The molecule has 10 nitrogen and oxygen atoms in total. The number of aliphatic hydroxyl groups is 1. The standard InChI is InChI=1S/C28H40N2O8/c1-3-5-6-10-14-26(33)37-21-24(28(35)38-20-22-12-8-7-9-13-22)30-27(34)23(11-4-2)19-25(32)29-15-17-36-18-16-31/h3-4,7-9,12-13,23-24,31H,1-2,5-6,10-11,14-21H2,(H,29,32)(H,30,34). The molecule has 2 amide bonds. The van der Waals surface area contributed by atoms with Crippen LogP contribution >= 0.6 is 0 Å². The van der Waals surface area contributed by atoms with E-state index in [1.165, 1.54) is 6.08 Å². The third kappa shape index (κ3) is 14.9. The van der Waals surface area contributed by atoms with Crippen molar-refractivity contribution >= 4 is 23.8 Å². The maximum Gasteiger partial charge on any atom is 0.332 e. The molecule has 0 heterocycles. The van der Waals surface area contributed by atoms with Crippen LogP contribution in [0, 0.1) is 5.92 Å². The average molecular weight is 533 g/mol. The highest BCUT2D eigenvalue weighted by atomic mass is 16.6. The molecule has 1 rings (SSSR count). The van der Waals surface area contributed by atoms with Crippen LogP contribution in [0.15, 0.2) is 55.6 Å². The maximum atomic E-state index is 13.0. The van der Waals surface area contributed by atoms with Gasteiger partial charge >= 0.3 is 11.9 Å². The SMILES string of the molecule is C=CCCCCC(=O)OCC(NC(=O)C(CC=C)CC(=O)NCCOCCO)C(=O)OCc1ccccc1. The number of carbonyl (C=O) groups excluding carboxylic acids is 4. The van der Waals surface area contributed by atoms with E-state index in [1.54, 1.807) is 30.3 Å². The van der Waals surface area contributed by atoms with Crippen molar-refractivity contribution in [2.45, 2.75) is 51.2 Å². The fourth-order valence-corrected chi connectivity index (χ4v) is 3.30. The van der Waals surface area contributed by atoms with Gasteiger partial charge in [-0.25, -0.2) is 4.79 Å².